The van der Waals surface area contributed by atoms with E-state index in [2.05, 4.69) is 15.1 Å². The third kappa shape index (κ3) is 2.08. The highest BCUT2D eigenvalue weighted by Crippen LogP contribution is 2.22. The van der Waals surface area contributed by atoms with Crippen molar-refractivity contribution in [1.29, 1.82) is 0 Å². The van der Waals surface area contributed by atoms with Gasteiger partial charge in [0.15, 0.2) is 11.6 Å². The molecule has 0 amide bonds. The molecule has 0 unspecified atom stereocenters. The average molecular weight is 256 g/mol. The maximum atomic E-state index is 11.7. The lowest BCUT2D eigenvalue weighted by atomic mass is 10.2. The number of aryl methyl sites for hydroxylation is 2. The number of aromatic amines is 1. The first-order valence-corrected chi connectivity index (χ1v) is 5.78. The predicted octanol–water partition coefficient (Wildman–Crippen LogP) is 1.74. The molecule has 0 radical (unpaired) electrons. The largest absolute Gasteiger partial charge is 0.461 e. The minimum Gasteiger partial charge on any atom is -0.461 e. The molecule has 0 aliphatic rings. The molecule has 0 aromatic carbocycles. The van der Waals surface area contributed by atoms with Crippen LogP contribution in [0.2, 0.25) is 0 Å². The number of nitrogens with one attached hydrogen (secondary N) is 1. The summed E-state index contributed by atoms with van der Waals surface area (Å²) in [4.78, 5) is 18.8. The van der Waals surface area contributed by atoms with E-state index in [-0.39, 0.29) is 5.56 Å². The maximum Gasteiger partial charge on any atom is 0.251 e. The van der Waals surface area contributed by atoms with Gasteiger partial charge in [-0.25, -0.2) is 4.98 Å². The molecule has 19 heavy (non-hydrogen) atoms. The molecule has 0 fully saturated rings. The Morgan fingerprint density at radius 1 is 1.42 bits per heavy atom. The molecule has 96 valence electrons. The fourth-order valence-corrected chi connectivity index (χ4v) is 1.88. The molecule has 6 nitrogen and oxygen atoms in total. The van der Waals surface area contributed by atoms with Crippen LogP contribution in [0.5, 0.6) is 0 Å². The van der Waals surface area contributed by atoms with E-state index in [9.17, 15) is 4.79 Å². The number of hydrogen-bond acceptors (Lipinski definition) is 4. The Morgan fingerprint density at radius 2 is 2.26 bits per heavy atom. The predicted molar refractivity (Wildman–Crippen MR) is 69.5 cm³/mol. The van der Waals surface area contributed by atoms with E-state index in [0.717, 1.165) is 11.1 Å². The van der Waals surface area contributed by atoms with Crippen molar-refractivity contribution >= 4 is 0 Å². The molecule has 0 saturated carbocycles. The molecule has 0 bridgehead atoms. The molecule has 0 spiro atoms. The molecule has 3 rings (SSSR count). The average Bonchev–Trinajstić information content (AvgIpc) is 2.97. The highest BCUT2D eigenvalue weighted by atomic mass is 16.3. The zero-order valence-corrected chi connectivity index (χ0v) is 10.5. The molecular weight excluding hydrogens is 244 g/mol. The highest BCUT2D eigenvalue weighted by molar-refractivity contribution is 5.61. The second kappa shape index (κ2) is 4.24. The molecule has 0 atom stereocenters. The summed E-state index contributed by atoms with van der Waals surface area (Å²) in [6.45, 7) is 1.90. The van der Waals surface area contributed by atoms with Gasteiger partial charge in [-0.1, -0.05) is 0 Å². The van der Waals surface area contributed by atoms with Crippen LogP contribution in [0, 0.1) is 6.92 Å². The summed E-state index contributed by atoms with van der Waals surface area (Å²) in [6, 6.07) is 3.27. The Hall–Kier alpha value is -2.63. The van der Waals surface area contributed by atoms with Crippen LogP contribution in [0.4, 0.5) is 0 Å². The fourth-order valence-electron chi connectivity index (χ4n) is 1.88. The van der Waals surface area contributed by atoms with Crippen LogP contribution < -0.4 is 5.56 Å². The van der Waals surface area contributed by atoms with E-state index >= 15 is 0 Å². The van der Waals surface area contributed by atoms with E-state index in [1.165, 1.54) is 6.07 Å². The van der Waals surface area contributed by atoms with Gasteiger partial charge in [0.05, 0.1) is 18.2 Å². The van der Waals surface area contributed by atoms with Gasteiger partial charge in [0.25, 0.3) is 5.56 Å². The third-order valence-corrected chi connectivity index (χ3v) is 2.82. The van der Waals surface area contributed by atoms with Crippen LogP contribution in [-0.4, -0.2) is 19.7 Å². The summed E-state index contributed by atoms with van der Waals surface area (Å²) in [5.74, 6) is 0.997. The first-order chi connectivity index (χ1) is 9.13. The van der Waals surface area contributed by atoms with Crippen molar-refractivity contribution < 1.29 is 4.42 Å². The van der Waals surface area contributed by atoms with Gasteiger partial charge in [0.1, 0.15) is 0 Å². The molecule has 0 aliphatic heterocycles. The summed E-state index contributed by atoms with van der Waals surface area (Å²) in [5, 5.41) is 4.07. The summed E-state index contributed by atoms with van der Waals surface area (Å²) >= 11 is 0. The first-order valence-electron chi connectivity index (χ1n) is 5.78. The van der Waals surface area contributed by atoms with Crippen molar-refractivity contribution in [2.75, 3.05) is 0 Å². The minimum absolute atomic E-state index is 0.223. The van der Waals surface area contributed by atoms with E-state index in [1.54, 1.807) is 23.3 Å². The van der Waals surface area contributed by atoms with Crippen molar-refractivity contribution in [2.45, 2.75) is 6.92 Å². The van der Waals surface area contributed by atoms with Crippen LogP contribution in [0.25, 0.3) is 22.8 Å². The molecule has 6 heteroatoms. The Morgan fingerprint density at radius 3 is 2.89 bits per heavy atom. The lowest BCUT2D eigenvalue weighted by Crippen LogP contribution is -2.08. The van der Waals surface area contributed by atoms with Gasteiger partial charge < -0.3 is 9.40 Å². The first kappa shape index (κ1) is 11.5. The zero-order chi connectivity index (χ0) is 13.4. The van der Waals surface area contributed by atoms with Crippen LogP contribution in [-0.2, 0) is 7.05 Å². The molecule has 3 aromatic heterocycles. The highest BCUT2D eigenvalue weighted by Gasteiger charge is 2.11. The Balaban J connectivity index is 2.16. The lowest BCUT2D eigenvalue weighted by molar-refractivity contribution is 0.575. The lowest BCUT2D eigenvalue weighted by Gasteiger charge is -2.01. The van der Waals surface area contributed by atoms with E-state index in [1.807, 2.05) is 20.0 Å². The topological polar surface area (TPSA) is 76.7 Å². The zero-order valence-electron chi connectivity index (χ0n) is 10.5. The number of rotatable bonds is 2. The Labute approximate surface area is 108 Å². The van der Waals surface area contributed by atoms with E-state index in [0.29, 0.717) is 17.3 Å². The normalized spacial score (nSPS) is 10.8. The van der Waals surface area contributed by atoms with Crippen LogP contribution in [0.1, 0.15) is 5.56 Å². The number of nitrogens with zero attached hydrogens (tertiary/aromatic N) is 3. The second-order valence-electron chi connectivity index (χ2n) is 4.31. The van der Waals surface area contributed by atoms with Crippen molar-refractivity contribution in [3.05, 3.63) is 46.7 Å². The standard InChI is InChI=1S/C13H12N4O2/c1-8-3-4-19-12(8)13-15-10(5-11(18)16-13)9-6-14-17(2)7-9/h3-7H,1-2H3,(H,15,16,18). The summed E-state index contributed by atoms with van der Waals surface area (Å²) in [6.07, 6.45) is 5.04. The number of aromatic nitrogens is 4. The summed E-state index contributed by atoms with van der Waals surface area (Å²) in [5.41, 5.74) is 2.06. The van der Waals surface area contributed by atoms with Gasteiger partial charge in [-0.15, -0.1) is 0 Å². The number of furan rings is 1. The number of hydrogen-bond donors (Lipinski definition) is 1. The smallest absolute Gasteiger partial charge is 0.251 e. The number of H-pyrrole nitrogens is 1. The Kier molecular flexibility index (Phi) is 2.56. The summed E-state index contributed by atoms with van der Waals surface area (Å²) in [7, 11) is 1.81. The molecule has 3 aromatic rings. The Bertz CT molecular complexity index is 782. The van der Waals surface area contributed by atoms with Gasteiger partial charge >= 0.3 is 0 Å². The second-order valence-corrected chi connectivity index (χ2v) is 4.31. The quantitative estimate of drug-likeness (QED) is 0.757. The molecule has 0 saturated heterocycles. The van der Waals surface area contributed by atoms with Gasteiger partial charge in [0, 0.05) is 24.9 Å². The van der Waals surface area contributed by atoms with Crippen molar-refractivity contribution in [1.82, 2.24) is 19.7 Å². The maximum absolute atomic E-state index is 11.7. The van der Waals surface area contributed by atoms with Gasteiger partial charge in [-0.3, -0.25) is 9.48 Å². The molecular formula is C13H12N4O2. The summed E-state index contributed by atoms with van der Waals surface area (Å²) < 4.78 is 7.01. The van der Waals surface area contributed by atoms with Crippen molar-refractivity contribution in [2.24, 2.45) is 7.05 Å². The van der Waals surface area contributed by atoms with Crippen molar-refractivity contribution in [3.63, 3.8) is 0 Å². The molecule has 3 heterocycles. The van der Waals surface area contributed by atoms with Gasteiger partial charge in [0.2, 0.25) is 0 Å². The van der Waals surface area contributed by atoms with Crippen LogP contribution in [0.3, 0.4) is 0 Å². The monoisotopic (exact) mass is 256 g/mol. The van der Waals surface area contributed by atoms with Gasteiger partial charge in [-0.2, -0.15) is 5.10 Å². The van der Waals surface area contributed by atoms with E-state index < -0.39 is 0 Å². The van der Waals surface area contributed by atoms with Crippen LogP contribution >= 0.6 is 0 Å². The van der Waals surface area contributed by atoms with Gasteiger partial charge in [-0.05, 0) is 18.6 Å². The molecule has 1 N–H and O–H groups in total. The minimum atomic E-state index is -0.223. The van der Waals surface area contributed by atoms with Crippen molar-refractivity contribution in [3.8, 4) is 22.8 Å². The fraction of sp³-hybridized carbons (Fsp3) is 0.154. The van der Waals surface area contributed by atoms with Crippen LogP contribution in [0.15, 0.2) is 40.0 Å². The van der Waals surface area contributed by atoms with E-state index in [4.69, 9.17) is 4.42 Å². The SMILES string of the molecule is Cc1ccoc1-c1nc(-c2cnn(C)c2)cc(=O)[nH]1. The molecule has 0 aliphatic carbocycles. The third-order valence-electron chi connectivity index (χ3n) is 2.82.